The molecule has 0 N–H and O–H groups in total. The van der Waals surface area contributed by atoms with E-state index in [1.165, 1.54) is 12.1 Å². The number of carbonyl (C=O) groups excluding carboxylic acids is 1. The smallest absolute Gasteiger partial charge is 0.264 e. The molecule has 0 unspecified atom stereocenters. The third-order valence-electron chi connectivity index (χ3n) is 3.51. The first-order chi connectivity index (χ1) is 10.7. The molecule has 0 saturated carbocycles. The van der Waals surface area contributed by atoms with Crippen LogP contribution in [0.4, 0.5) is 5.69 Å². The quantitative estimate of drug-likeness (QED) is 0.692. The minimum atomic E-state index is -3.90. The average Bonchev–Trinajstić information content (AvgIpc) is 2.48. The van der Waals surface area contributed by atoms with E-state index >= 15 is 0 Å². The zero-order chi connectivity index (χ0) is 17.2. The molecule has 0 amide bonds. The van der Waals surface area contributed by atoms with Crippen molar-refractivity contribution < 1.29 is 13.2 Å². The van der Waals surface area contributed by atoms with Crippen LogP contribution in [0.5, 0.6) is 0 Å². The summed E-state index contributed by atoms with van der Waals surface area (Å²) in [4.78, 5) is 11.5. The average molecular weight is 417 g/mol. The van der Waals surface area contributed by atoms with Gasteiger partial charge in [-0.3, -0.25) is 9.10 Å². The highest BCUT2D eigenvalue weighted by Gasteiger charge is 2.28. The highest BCUT2D eigenvalue weighted by molar-refractivity contribution is 9.10. The molecule has 23 heavy (non-hydrogen) atoms. The number of halogens is 2. The minimum Gasteiger partial charge on any atom is -0.279 e. The lowest BCUT2D eigenvalue weighted by atomic mass is 10.1. The molecule has 0 aromatic heterocycles. The lowest BCUT2D eigenvalue weighted by Crippen LogP contribution is -2.35. The van der Waals surface area contributed by atoms with Crippen molar-refractivity contribution in [1.29, 1.82) is 0 Å². The molecule has 2 aromatic carbocycles. The van der Waals surface area contributed by atoms with E-state index in [0.29, 0.717) is 5.69 Å². The Morgan fingerprint density at radius 3 is 2.30 bits per heavy atom. The number of carbonyl (C=O) groups is 1. The summed E-state index contributed by atoms with van der Waals surface area (Å²) in [6.45, 7) is 3.27. The van der Waals surface area contributed by atoms with Crippen LogP contribution in [0.15, 0.2) is 51.8 Å². The number of rotatable bonds is 5. The van der Waals surface area contributed by atoms with Crippen molar-refractivity contribution in [3.05, 3.63) is 58.1 Å². The van der Waals surface area contributed by atoms with Gasteiger partial charge in [-0.1, -0.05) is 28.1 Å². The Morgan fingerprint density at radius 1 is 1.13 bits per heavy atom. The van der Waals surface area contributed by atoms with Crippen LogP contribution >= 0.6 is 27.5 Å². The second kappa shape index (κ2) is 7.03. The molecule has 0 bridgehead atoms. The summed E-state index contributed by atoms with van der Waals surface area (Å²) in [5.41, 5.74) is 2.16. The van der Waals surface area contributed by atoms with Gasteiger partial charge in [-0.05, 0) is 66.9 Å². The van der Waals surface area contributed by atoms with E-state index in [-0.39, 0.29) is 4.90 Å². The minimum absolute atomic E-state index is 0.0968. The lowest BCUT2D eigenvalue weighted by Gasteiger charge is -2.25. The monoisotopic (exact) mass is 415 g/mol. The second-order valence-electron chi connectivity index (χ2n) is 5.04. The zero-order valence-electron chi connectivity index (χ0n) is 12.6. The fraction of sp³-hybridized carbons (Fsp3) is 0.188. The van der Waals surface area contributed by atoms with Crippen molar-refractivity contribution in [3.8, 4) is 0 Å². The molecule has 4 nitrogen and oxygen atoms in total. The summed E-state index contributed by atoms with van der Waals surface area (Å²) in [5, 5.41) is -0.744. The first-order valence-electron chi connectivity index (χ1n) is 6.76. The van der Waals surface area contributed by atoms with Gasteiger partial charge in [0.1, 0.15) is 6.54 Å². The molecule has 0 aliphatic heterocycles. The molecular formula is C16H15BrClNO3S. The Hall–Kier alpha value is -1.37. The largest absolute Gasteiger partial charge is 0.279 e. The molecule has 0 spiro atoms. The Bertz CT molecular complexity index is 835. The van der Waals surface area contributed by atoms with Crippen molar-refractivity contribution >= 4 is 48.5 Å². The summed E-state index contributed by atoms with van der Waals surface area (Å²) in [6.07, 6.45) is 0. The summed E-state index contributed by atoms with van der Waals surface area (Å²) < 4.78 is 27.7. The summed E-state index contributed by atoms with van der Waals surface area (Å²) in [6, 6.07) is 11.5. The molecule has 0 saturated heterocycles. The fourth-order valence-corrected chi connectivity index (χ4v) is 4.09. The van der Waals surface area contributed by atoms with E-state index in [9.17, 15) is 13.2 Å². The number of nitrogens with zero attached hydrogens (tertiary/aromatic N) is 1. The van der Waals surface area contributed by atoms with Gasteiger partial charge in [-0.2, -0.15) is 0 Å². The lowest BCUT2D eigenvalue weighted by molar-refractivity contribution is -0.110. The molecule has 2 aromatic rings. The van der Waals surface area contributed by atoms with E-state index in [4.69, 9.17) is 11.6 Å². The van der Waals surface area contributed by atoms with E-state index in [1.54, 1.807) is 24.3 Å². The normalized spacial score (nSPS) is 11.3. The van der Waals surface area contributed by atoms with E-state index in [0.717, 1.165) is 19.9 Å². The van der Waals surface area contributed by atoms with Crippen LogP contribution in [0, 0.1) is 13.8 Å². The van der Waals surface area contributed by atoms with E-state index in [2.05, 4.69) is 15.9 Å². The maximum atomic E-state index is 12.9. The van der Waals surface area contributed by atoms with Crippen LogP contribution in [0.2, 0.25) is 0 Å². The Labute approximate surface area is 149 Å². The summed E-state index contributed by atoms with van der Waals surface area (Å²) in [5.74, 6) is 0. The Balaban J connectivity index is 2.60. The van der Waals surface area contributed by atoms with Gasteiger partial charge in [0.05, 0.1) is 10.6 Å². The van der Waals surface area contributed by atoms with Crippen molar-refractivity contribution in [2.75, 3.05) is 10.8 Å². The third kappa shape index (κ3) is 3.94. The molecule has 7 heteroatoms. The van der Waals surface area contributed by atoms with Crippen molar-refractivity contribution in [3.63, 3.8) is 0 Å². The van der Waals surface area contributed by atoms with Gasteiger partial charge >= 0.3 is 0 Å². The van der Waals surface area contributed by atoms with Crippen LogP contribution in [0.1, 0.15) is 11.1 Å². The van der Waals surface area contributed by atoms with Crippen LogP contribution in [-0.4, -0.2) is 20.2 Å². The second-order valence-corrected chi connectivity index (χ2v) is 8.24. The maximum absolute atomic E-state index is 12.9. The predicted molar refractivity (Wildman–Crippen MR) is 95.4 cm³/mol. The first kappa shape index (κ1) is 18.0. The molecule has 0 aliphatic rings. The molecule has 0 fully saturated rings. The van der Waals surface area contributed by atoms with Crippen molar-refractivity contribution in [1.82, 2.24) is 0 Å². The number of benzene rings is 2. The highest BCUT2D eigenvalue weighted by atomic mass is 79.9. The molecule has 0 aliphatic carbocycles. The van der Waals surface area contributed by atoms with E-state index < -0.39 is 21.8 Å². The van der Waals surface area contributed by atoms with Gasteiger partial charge in [0.2, 0.25) is 5.24 Å². The van der Waals surface area contributed by atoms with Gasteiger partial charge in [0, 0.05) is 4.47 Å². The predicted octanol–water partition coefficient (Wildman–Crippen LogP) is 4.03. The summed E-state index contributed by atoms with van der Waals surface area (Å²) in [7, 11) is -3.90. The van der Waals surface area contributed by atoms with Crippen LogP contribution < -0.4 is 4.31 Å². The van der Waals surface area contributed by atoms with Gasteiger partial charge < -0.3 is 0 Å². The third-order valence-corrected chi connectivity index (χ3v) is 5.94. The molecule has 122 valence electrons. The van der Waals surface area contributed by atoms with Crippen molar-refractivity contribution in [2.24, 2.45) is 0 Å². The van der Waals surface area contributed by atoms with Gasteiger partial charge in [-0.25, -0.2) is 8.42 Å². The number of anilines is 1. The topological polar surface area (TPSA) is 54.5 Å². The molecule has 2 rings (SSSR count). The summed E-state index contributed by atoms with van der Waals surface area (Å²) >= 11 is 8.75. The van der Waals surface area contributed by atoms with Crippen LogP contribution in [0.25, 0.3) is 0 Å². The van der Waals surface area contributed by atoms with Crippen LogP contribution in [0.3, 0.4) is 0 Å². The number of sulfonamides is 1. The van der Waals surface area contributed by atoms with Gasteiger partial charge in [-0.15, -0.1) is 0 Å². The van der Waals surface area contributed by atoms with E-state index in [1.807, 2.05) is 19.9 Å². The SMILES string of the molecule is Cc1cccc(N(CC(=O)Cl)S(=O)(=O)c2ccc(Br)cc2)c1C. The fourth-order valence-electron chi connectivity index (χ4n) is 2.15. The zero-order valence-corrected chi connectivity index (χ0v) is 15.7. The first-order valence-corrected chi connectivity index (χ1v) is 9.37. The number of aryl methyl sites for hydroxylation is 1. The highest BCUT2D eigenvalue weighted by Crippen LogP contribution is 2.29. The maximum Gasteiger partial charge on any atom is 0.264 e. The number of hydrogen-bond donors (Lipinski definition) is 0. The van der Waals surface area contributed by atoms with Gasteiger partial charge in [0.25, 0.3) is 10.0 Å². The molecule has 0 atom stereocenters. The molecular weight excluding hydrogens is 402 g/mol. The molecule has 0 radical (unpaired) electrons. The number of hydrogen-bond acceptors (Lipinski definition) is 3. The standard InChI is InChI=1S/C16H15BrClNO3S/c1-11-4-3-5-15(12(11)2)19(10-16(18)20)23(21,22)14-8-6-13(17)7-9-14/h3-9H,10H2,1-2H3. The van der Waals surface area contributed by atoms with Crippen molar-refractivity contribution in [2.45, 2.75) is 18.7 Å². The Kier molecular flexibility index (Phi) is 5.49. The Morgan fingerprint density at radius 2 is 1.74 bits per heavy atom. The molecule has 0 heterocycles. The van der Waals surface area contributed by atoms with Gasteiger partial charge in [0.15, 0.2) is 0 Å². The van der Waals surface area contributed by atoms with Crippen LogP contribution in [-0.2, 0) is 14.8 Å².